The largest absolute Gasteiger partial charge is 0.456 e. The predicted octanol–water partition coefficient (Wildman–Crippen LogP) is 15.7. The molecule has 0 N–H and O–H groups in total. The Balaban J connectivity index is 1.12. The lowest BCUT2D eigenvalue weighted by Crippen LogP contribution is -2.11. The van der Waals surface area contributed by atoms with Crippen molar-refractivity contribution in [3.05, 3.63) is 200 Å². The molecule has 0 saturated heterocycles. The lowest BCUT2D eigenvalue weighted by molar-refractivity contribution is 0.669. The predicted molar refractivity (Wildman–Crippen MR) is 239 cm³/mol. The van der Waals surface area contributed by atoms with Gasteiger partial charge in [0, 0.05) is 32.8 Å². The fraction of sp³-hybridized carbons (Fsp3) is 0. The number of para-hydroxylation sites is 1. The van der Waals surface area contributed by atoms with Crippen LogP contribution in [0.2, 0.25) is 0 Å². The van der Waals surface area contributed by atoms with Gasteiger partial charge in [0.15, 0.2) is 0 Å². The molecule has 2 heterocycles. The molecule has 266 valence electrons. The monoisotopic (exact) mass is 727 g/mol. The molecule has 0 spiro atoms. The minimum Gasteiger partial charge on any atom is -0.456 e. The second-order valence-electron chi connectivity index (χ2n) is 14.8. The first-order chi connectivity index (χ1) is 28.3. The molecule has 12 rings (SSSR count). The van der Waals surface area contributed by atoms with Gasteiger partial charge in [-0.15, -0.1) is 0 Å². The third-order valence-electron chi connectivity index (χ3n) is 11.6. The van der Waals surface area contributed by atoms with E-state index in [0.29, 0.717) is 0 Å². The molecular weight excluding hydrogens is 695 g/mol. The number of hydrogen-bond acceptors (Lipinski definition) is 3. The van der Waals surface area contributed by atoms with Crippen LogP contribution in [0.15, 0.2) is 209 Å². The SMILES string of the molecule is c1ccc(N(c2ccc(-c3cccc4ccccc34)cc2)c2cccc3oc4c5ccccc5ccc4c23)c(-c2cccc3oc4cc5ccccc5cc4c23)c1. The van der Waals surface area contributed by atoms with Crippen molar-refractivity contribution in [2.75, 3.05) is 4.90 Å². The van der Waals surface area contributed by atoms with E-state index in [1.54, 1.807) is 0 Å². The Kier molecular flexibility index (Phi) is 6.93. The fourth-order valence-corrected chi connectivity index (χ4v) is 9.03. The van der Waals surface area contributed by atoms with Crippen LogP contribution in [0.25, 0.3) is 98.4 Å². The van der Waals surface area contributed by atoms with Gasteiger partial charge in [0.05, 0.1) is 16.8 Å². The van der Waals surface area contributed by atoms with Crippen LogP contribution in [0.3, 0.4) is 0 Å². The Labute approximate surface area is 328 Å². The molecule has 3 nitrogen and oxygen atoms in total. The highest BCUT2D eigenvalue weighted by atomic mass is 16.3. The topological polar surface area (TPSA) is 29.5 Å². The summed E-state index contributed by atoms with van der Waals surface area (Å²) in [5.74, 6) is 0. The molecule has 0 radical (unpaired) electrons. The molecule has 3 heteroatoms. The van der Waals surface area contributed by atoms with Crippen molar-refractivity contribution >= 4 is 93.3 Å². The van der Waals surface area contributed by atoms with Crippen molar-refractivity contribution in [2.45, 2.75) is 0 Å². The van der Waals surface area contributed by atoms with E-state index in [1.807, 2.05) is 0 Å². The van der Waals surface area contributed by atoms with Crippen molar-refractivity contribution in [3.8, 4) is 22.3 Å². The van der Waals surface area contributed by atoms with E-state index >= 15 is 0 Å². The van der Waals surface area contributed by atoms with Crippen LogP contribution in [-0.2, 0) is 0 Å². The molecule has 57 heavy (non-hydrogen) atoms. The third-order valence-corrected chi connectivity index (χ3v) is 11.6. The van der Waals surface area contributed by atoms with Gasteiger partial charge < -0.3 is 13.7 Å². The maximum Gasteiger partial charge on any atom is 0.143 e. The molecule has 2 aromatic heterocycles. The lowest BCUT2D eigenvalue weighted by Gasteiger charge is -2.29. The molecule has 0 aliphatic rings. The average Bonchev–Trinajstić information content (AvgIpc) is 3.85. The van der Waals surface area contributed by atoms with Crippen LogP contribution in [0.1, 0.15) is 0 Å². The summed E-state index contributed by atoms with van der Waals surface area (Å²) in [5.41, 5.74) is 11.3. The first-order valence-electron chi connectivity index (χ1n) is 19.4. The molecule has 0 unspecified atom stereocenters. The second kappa shape index (κ2) is 12.5. The van der Waals surface area contributed by atoms with Crippen molar-refractivity contribution in [2.24, 2.45) is 0 Å². The maximum absolute atomic E-state index is 6.75. The highest BCUT2D eigenvalue weighted by molar-refractivity contribution is 6.21. The first-order valence-corrected chi connectivity index (χ1v) is 19.4. The van der Waals surface area contributed by atoms with Gasteiger partial charge in [-0.1, -0.05) is 146 Å². The number of rotatable bonds is 5. The van der Waals surface area contributed by atoms with Gasteiger partial charge in [-0.3, -0.25) is 0 Å². The summed E-state index contributed by atoms with van der Waals surface area (Å²) in [6.07, 6.45) is 0. The minimum absolute atomic E-state index is 0.850. The van der Waals surface area contributed by atoms with Gasteiger partial charge >= 0.3 is 0 Å². The Bertz CT molecular complexity index is 3530. The number of anilines is 3. The van der Waals surface area contributed by atoms with Gasteiger partial charge in [-0.25, -0.2) is 0 Å². The van der Waals surface area contributed by atoms with Gasteiger partial charge in [-0.05, 0) is 98.2 Å². The zero-order chi connectivity index (χ0) is 37.5. The van der Waals surface area contributed by atoms with Crippen molar-refractivity contribution in [1.82, 2.24) is 0 Å². The molecule has 10 aromatic carbocycles. The minimum atomic E-state index is 0.850. The molecule has 0 saturated carbocycles. The van der Waals surface area contributed by atoms with Crippen LogP contribution in [0.5, 0.6) is 0 Å². The summed E-state index contributed by atoms with van der Waals surface area (Å²) in [5, 5.41) is 11.5. The highest BCUT2D eigenvalue weighted by Crippen LogP contribution is 2.49. The van der Waals surface area contributed by atoms with Crippen LogP contribution in [0, 0.1) is 0 Å². The Morgan fingerprint density at radius 3 is 1.75 bits per heavy atom. The van der Waals surface area contributed by atoms with Crippen molar-refractivity contribution in [3.63, 3.8) is 0 Å². The summed E-state index contributed by atoms with van der Waals surface area (Å²) < 4.78 is 13.3. The van der Waals surface area contributed by atoms with Crippen molar-refractivity contribution < 1.29 is 8.83 Å². The third kappa shape index (κ3) is 4.92. The zero-order valence-electron chi connectivity index (χ0n) is 30.8. The number of benzene rings is 10. The van der Waals surface area contributed by atoms with E-state index in [4.69, 9.17) is 8.83 Å². The molecular formula is C54H33NO2. The molecule has 0 bridgehead atoms. The Morgan fingerprint density at radius 1 is 0.316 bits per heavy atom. The quantitative estimate of drug-likeness (QED) is 0.177. The standard InChI is InChI=1S/C54H33NO2/c1-2-15-38-33-51-46(32-37(38)14-1)52-44(21-10-24-49(52)56-51)43-19-7-8-22-47(43)55(39-29-26-36(27-30-39)41-20-9-16-34-12-3-5-17-40(34)41)48-23-11-25-50-53(48)45-31-28-35-13-4-6-18-42(35)54(45)57-50/h1-33H. The van der Waals surface area contributed by atoms with E-state index in [9.17, 15) is 0 Å². The highest BCUT2D eigenvalue weighted by Gasteiger charge is 2.24. The molecule has 0 amide bonds. The lowest BCUT2D eigenvalue weighted by atomic mass is 9.95. The smallest absolute Gasteiger partial charge is 0.143 e. The molecule has 0 fully saturated rings. The maximum atomic E-state index is 6.75. The summed E-state index contributed by atoms with van der Waals surface area (Å²) >= 11 is 0. The number of nitrogens with zero attached hydrogens (tertiary/aromatic N) is 1. The first kappa shape index (κ1) is 31.7. The second-order valence-corrected chi connectivity index (χ2v) is 14.8. The van der Waals surface area contributed by atoms with E-state index in [1.165, 1.54) is 27.3 Å². The van der Waals surface area contributed by atoms with E-state index in [2.05, 4.69) is 205 Å². The normalized spacial score (nSPS) is 11.9. The number of furan rings is 2. The summed E-state index contributed by atoms with van der Waals surface area (Å²) in [6, 6.07) is 71.5. The summed E-state index contributed by atoms with van der Waals surface area (Å²) in [6.45, 7) is 0. The summed E-state index contributed by atoms with van der Waals surface area (Å²) in [7, 11) is 0. The number of fused-ring (bicyclic) bond motifs is 10. The molecule has 0 aliphatic carbocycles. The summed E-state index contributed by atoms with van der Waals surface area (Å²) in [4.78, 5) is 2.41. The van der Waals surface area contributed by atoms with Crippen LogP contribution >= 0.6 is 0 Å². The van der Waals surface area contributed by atoms with E-state index < -0.39 is 0 Å². The molecule has 0 aliphatic heterocycles. The van der Waals surface area contributed by atoms with Crippen LogP contribution in [-0.4, -0.2) is 0 Å². The number of hydrogen-bond donors (Lipinski definition) is 0. The molecule has 12 aromatic rings. The zero-order valence-corrected chi connectivity index (χ0v) is 30.8. The Hall–Kier alpha value is -7.62. The van der Waals surface area contributed by atoms with Gasteiger partial charge in [-0.2, -0.15) is 0 Å². The van der Waals surface area contributed by atoms with Crippen LogP contribution < -0.4 is 4.90 Å². The van der Waals surface area contributed by atoms with Gasteiger partial charge in [0.2, 0.25) is 0 Å². The van der Waals surface area contributed by atoms with Gasteiger partial charge in [0.25, 0.3) is 0 Å². The van der Waals surface area contributed by atoms with Crippen LogP contribution in [0.4, 0.5) is 17.1 Å². The van der Waals surface area contributed by atoms with E-state index in [0.717, 1.165) is 88.2 Å². The Morgan fingerprint density at radius 2 is 0.912 bits per heavy atom. The van der Waals surface area contributed by atoms with Gasteiger partial charge in [0.1, 0.15) is 22.3 Å². The van der Waals surface area contributed by atoms with Crippen molar-refractivity contribution in [1.29, 1.82) is 0 Å². The molecule has 0 atom stereocenters. The average molecular weight is 728 g/mol. The van der Waals surface area contributed by atoms with E-state index in [-0.39, 0.29) is 0 Å². The fourth-order valence-electron chi connectivity index (χ4n) is 9.03.